The molecule has 1 aliphatic heterocycles. The average molecular weight is 515 g/mol. The lowest BCUT2D eigenvalue weighted by molar-refractivity contribution is -0.122. The van der Waals surface area contributed by atoms with Gasteiger partial charge in [-0.3, -0.25) is 14.9 Å². The third kappa shape index (κ3) is 4.28. The monoisotopic (exact) mass is 514 g/mol. The van der Waals surface area contributed by atoms with Crippen molar-refractivity contribution in [3.05, 3.63) is 59.2 Å². The lowest BCUT2D eigenvalue weighted by Crippen LogP contribution is -2.54. The Morgan fingerprint density at radius 2 is 1.53 bits per heavy atom. The number of nitrogens with zero attached hydrogens (tertiary/aromatic N) is 1. The van der Waals surface area contributed by atoms with Gasteiger partial charge in [0.05, 0.1) is 18.9 Å². The van der Waals surface area contributed by atoms with Gasteiger partial charge in [-0.1, -0.05) is 12.1 Å². The van der Waals surface area contributed by atoms with Gasteiger partial charge in [-0.25, -0.2) is 9.69 Å². The summed E-state index contributed by atoms with van der Waals surface area (Å²) in [4.78, 5) is 40.1. The predicted octanol–water partition coefficient (Wildman–Crippen LogP) is 5.62. The summed E-state index contributed by atoms with van der Waals surface area (Å²) < 4.78 is 11.3. The summed E-state index contributed by atoms with van der Waals surface area (Å²) in [6, 6.07) is 12.4. The number of nitrogens with one attached hydrogen (secondary N) is 1. The highest BCUT2D eigenvalue weighted by Crippen LogP contribution is 2.60. The molecule has 4 aliphatic carbocycles. The van der Waals surface area contributed by atoms with E-state index in [9.17, 15) is 14.4 Å². The summed E-state index contributed by atoms with van der Waals surface area (Å²) in [5, 5.41) is 2.33. The number of hydrogen-bond donors (Lipinski definition) is 1. The number of benzene rings is 2. The molecular weight excluding hydrogens is 480 g/mol. The van der Waals surface area contributed by atoms with Gasteiger partial charge in [0, 0.05) is 11.6 Å². The maximum Gasteiger partial charge on any atom is 0.335 e. The van der Waals surface area contributed by atoms with E-state index in [-0.39, 0.29) is 11.0 Å². The van der Waals surface area contributed by atoms with Gasteiger partial charge in [0.25, 0.3) is 11.8 Å². The Morgan fingerprint density at radius 1 is 0.895 bits per heavy atom. The lowest BCUT2D eigenvalue weighted by atomic mass is 9.48. The standard InChI is InChI=1S/C31H34N2O5/c1-3-37-25-10-5-22(27(15-25)38-4-2)14-26-28(34)32-30(36)33(29(26)35)24-8-6-23(7-9-24)31-16-19-11-20(17-31)13-21(12-19)18-31/h5-10,14-15,19-21H,3-4,11-13,16-18H2,1-2H3,(H,32,34,36)/b26-14+. The molecular formula is C31H34N2O5. The van der Waals surface area contributed by atoms with Crippen molar-refractivity contribution in [3.8, 4) is 11.5 Å². The Balaban J connectivity index is 1.28. The molecule has 1 heterocycles. The summed E-state index contributed by atoms with van der Waals surface area (Å²) in [5.74, 6) is 2.24. The summed E-state index contributed by atoms with van der Waals surface area (Å²) in [7, 11) is 0. The number of urea groups is 1. The van der Waals surface area contributed by atoms with Gasteiger partial charge in [0.1, 0.15) is 17.1 Å². The van der Waals surface area contributed by atoms with E-state index in [1.54, 1.807) is 18.2 Å². The Hall–Kier alpha value is -3.61. The zero-order valence-electron chi connectivity index (χ0n) is 22.0. The minimum Gasteiger partial charge on any atom is -0.494 e. The van der Waals surface area contributed by atoms with Crippen LogP contribution in [-0.4, -0.2) is 31.1 Å². The molecule has 5 aliphatic rings. The number of carbonyl (C=O) groups excluding carboxylic acids is 3. The Labute approximate surface area is 223 Å². The second-order valence-electron chi connectivity index (χ2n) is 11.3. The van der Waals surface area contributed by atoms with Crippen LogP contribution in [0, 0.1) is 17.8 Å². The molecule has 7 nitrogen and oxygen atoms in total. The SMILES string of the molecule is CCOc1ccc(/C=C2\C(=O)NC(=O)N(c3ccc(C45CC6CC(CC(C6)C4)C5)cc3)C2=O)c(OCC)c1. The molecule has 4 bridgehead atoms. The van der Waals surface area contributed by atoms with E-state index < -0.39 is 17.8 Å². The van der Waals surface area contributed by atoms with E-state index in [0.717, 1.165) is 22.7 Å². The molecule has 5 fully saturated rings. The first-order valence-electron chi connectivity index (χ1n) is 13.8. The Morgan fingerprint density at radius 3 is 2.13 bits per heavy atom. The maximum atomic E-state index is 13.5. The van der Waals surface area contributed by atoms with Crippen molar-refractivity contribution in [1.29, 1.82) is 0 Å². The number of rotatable bonds is 7. The molecule has 0 radical (unpaired) electrons. The quantitative estimate of drug-likeness (QED) is 0.383. The van der Waals surface area contributed by atoms with Crippen molar-refractivity contribution in [3.63, 3.8) is 0 Å². The van der Waals surface area contributed by atoms with Crippen LogP contribution < -0.4 is 19.7 Å². The number of hydrogen-bond acceptors (Lipinski definition) is 5. The molecule has 7 heteroatoms. The third-order valence-electron chi connectivity index (χ3n) is 8.77. The molecule has 2 aromatic rings. The number of carbonyl (C=O) groups is 3. The number of anilines is 1. The van der Waals surface area contributed by atoms with E-state index in [4.69, 9.17) is 9.47 Å². The van der Waals surface area contributed by atoms with Gasteiger partial charge in [0.2, 0.25) is 0 Å². The molecule has 0 spiro atoms. The lowest BCUT2D eigenvalue weighted by Gasteiger charge is -2.57. The maximum absolute atomic E-state index is 13.5. The highest BCUT2D eigenvalue weighted by Gasteiger charge is 2.51. The summed E-state index contributed by atoms with van der Waals surface area (Å²) >= 11 is 0. The molecule has 0 atom stereocenters. The molecule has 4 saturated carbocycles. The summed E-state index contributed by atoms with van der Waals surface area (Å²) in [6.07, 6.45) is 9.34. The first kappa shape index (κ1) is 24.7. The topological polar surface area (TPSA) is 84.9 Å². The largest absolute Gasteiger partial charge is 0.494 e. The molecule has 4 amide bonds. The van der Waals surface area contributed by atoms with E-state index in [1.807, 2.05) is 26.0 Å². The Bertz CT molecular complexity index is 1280. The van der Waals surface area contributed by atoms with Crippen LogP contribution in [0.15, 0.2) is 48.0 Å². The van der Waals surface area contributed by atoms with E-state index >= 15 is 0 Å². The molecule has 38 heavy (non-hydrogen) atoms. The Kier molecular flexibility index (Phi) is 6.25. The van der Waals surface area contributed by atoms with Crippen LogP contribution in [0.1, 0.15) is 63.5 Å². The van der Waals surface area contributed by atoms with Crippen molar-refractivity contribution in [2.75, 3.05) is 18.1 Å². The van der Waals surface area contributed by atoms with Gasteiger partial charge < -0.3 is 9.47 Å². The van der Waals surface area contributed by atoms with Crippen molar-refractivity contribution < 1.29 is 23.9 Å². The molecule has 198 valence electrons. The fourth-order valence-electron chi connectivity index (χ4n) is 7.65. The zero-order valence-corrected chi connectivity index (χ0v) is 22.0. The molecule has 1 saturated heterocycles. The zero-order chi connectivity index (χ0) is 26.4. The van der Waals surface area contributed by atoms with Gasteiger partial charge in [-0.15, -0.1) is 0 Å². The van der Waals surface area contributed by atoms with E-state index in [2.05, 4.69) is 17.4 Å². The van der Waals surface area contributed by atoms with Crippen LogP contribution in [0.25, 0.3) is 6.08 Å². The van der Waals surface area contributed by atoms with E-state index in [1.165, 1.54) is 50.2 Å². The predicted molar refractivity (Wildman–Crippen MR) is 144 cm³/mol. The van der Waals surface area contributed by atoms with Crippen molar-refractivity contribution in [2.24, 2.45) is 17.8 Å². The van der Waals surface area contributed by atoms with Crippen LogP contribution in [0.2, 0.25) is 0 Å². The fraction of sp³-hybridized carbons (Fsp3) is 0.452. The second kappa shape index (κ2) is 9.61. The summed E-state index contributed by atoms with van der Waals surface area (Å²) in [5.41, 5.74) is 2.43. The fourth-order valence-corrected chi connectivity index (χ4v) is 7.65. The van der Waals surface area contributed by atoms with Gasteiger partial charge in [0.15, 0.2) is 0 Å². The van der Waals surface area contributed by atoms with Crippen LogP contribution >= 0.6 is 0 Å². The van der Waals surface area contributed by atoms with Crippen LogP contribution in [0.4, 0.5) is 10.5 Å². The minimum atomic E-state index is -0.739. The molecule has 0 unspecified atom stereocenters. The normalized spacial score (nSPS) is 29.1. The number of ether oxygens (including phenoxy) is 2. The van der Waals surface area contributed by atoms with Crippen LogP contribution in [0.5, 0.6) is 11.5 Å². The van der Waals surface area contributed by atoms with Gasteiger partial charge >= 0.3 is 6.03 Å². The molecule has 2 aromatic carbocycles. The number of barbiturate groups is 1. The number of imide groups is 2. The van der Waals surface area contributed by atoms with Crippen molar-refractivity contribution in [1.82, 2.24) is 5.32 Å². The highest BCUT2D eigenvalue weighted by atomic mass is 16.5. The third-order valence-corrected chi connectivity index (χ3v) is 8.77. The highest BCUT2D eigenvalue weighted by molar-refractivity contribution is 6.39. The van der Waals surface area contributed by atoms with E-state index in [0.29, 0.717) is 36.0 Å². The number of amides is 4. The first-order chi connectivity index (χ1) is 18.4. The molecule has 0 aromatic heterocycles. The summed E-state index contributed by atoms with van der Waals surface area (Å²) in [6.45, 7) is 4.66. The van der Waals surface area contributed by atoms with Crippen molar-refractivity contribution in [2.45, 2.75) is 57.8 Å². The minimum absolute atomic E-state index is 0.125. The van der Waals surface area contributed by atoms with Crippen LogP contribution in [-0.2, 0) is 15.0 Å². The molecule has 7 rings (SSSR count). The van der Waals surface area contributed by atoms with Crippen molar-refractivity contribution >= 4 is 29.6 Å². The smallest absolute Gasteiger partial charge is 0.335 e. The first-order valence-corrected chi connectivity index (χ1v) is 13.8. The van der Waals surface area contributed by atoms with Gasteiger partial charge in [-0.05, 0) is 111 Å². The molecule has 1 N–H and O–H groups in total. The van der Waals surface area contributed by atoms with Crippen LogP contribution in [0.3, 0.4) is 0 Å². The van der Waals surface area contributed by atoms with Gasteiger partial charge in [-0.2, -0.15) is 0 Å². The second-order valence-corrected chi connectivity index (χ2v) is 11.3. The average Bonchev–Trinajstić information content (AvgIpc) is 2.87.